The quantitative estimate of drug-likeness (QED) is 0.414. The Hall–Kier alpha value is -4.20. The molecule has 0 unspecified atom stereocenters. The number of carbonyl (C=O) groups is 2. The van der Waals surface area contributed by atoms with Gasteiger partial charge in [0.05, 0.1) is 35.3 Å². The van der Waals surface area contributed by atoms with Crippen LogP contribution in [0, 0.1) is 16.0 Å². The molecule has 0 aromatic heterocycles. The number of anilines is 3. The zero-order chi connectivity index (χ0) is 24.4. The molecule has 178 valence electrons. The molecule has 0 saturated heterocycles. The largest absolute Gasteiger partial charge is 0.376 e. The van der Waals surface area contributed by atoms with E-state index in [0.29, 0.717) is 12.2 Å². The van der Waals surface area contributed by atoms with E-state index >= 15 is 0 Å². The Labute approximate surface area is 203 Å². The van der Waals surface area contributed by atoms with E-state index in [4.69, 9.17) is 0 Å². The second-order valence-electron chi connectivity index (χ2n) is 8.93. The average Bonchev–Trinajstić information content (AvgIpc) is 3.33. The average molecular weight is 471 g/mol. The van der Waals surface area contributed by atoms with E-state index in [-0.39, 0.29) is 36.0 Å². The zero-order valence-corrected chi connectivity index (χ0v) is 19.2. The second kappa shape index (κ2) is 9.58. The fourth-order valence-corrected chi connectivity index (χ4v) is 5.17. The molecule has 0 bridgehead atoms. The fourth-order valence-electron chi connectivity index (χ4n) is 5.17. The first-order valence-electron chi connectivity index (χ1n) is 11.8. The molecular formula is C27H26N4O4. The smallest absolute Gasteiger partial charge is 0.271 e. The van der Waals surface area contributed by atoms with Crippen molar-refractivity contribution in [1.29, 1.82) is 0 Å². The summed E-state index contributed by atoms with van der Waals surface area (Å²) >= 11 is 0. The van der Waals surface area contributed by atoms with Crippen molar-refractivity contribution in [3.05, 3.63) is 94.5 Å². The first-order chi connectivity index (χ1) is 17.0. The van der Waals surface area contributed by atoms with Gasteiger partial charge in [-0.15, -0.1) is 0 Å². The molecule has 2 atom stereocenters. The highest BCUT2D eigenvalue weighted by Gasteiger charge is 2.45. The molecule has 3 aromatic rings. The van der Waals surface area contributed by atoms with Crippen LogP contribution < -0.4 is 15.1 Å². The van der Waals surface area contributed by atoms with Gasteiger partial charge in [-0.2, -0.15) is 0 Å². The summed E-state index contributed by atoms with van der Waals surface area (Å²) in [6.07, 6.45) is 2.38. The van der Waals surface area contributed by atoms with Crippen LogP contribution in [0.4, 0.5) is 22.7 Å². The van der Waals surface area contributed by atoms with Gasteiger partial charge in [-0.3, -0.25) is 19.7 Å². The number of carbonyl (C=O) groups excluding carboxylic acids is 2. The van der Waals surface area contributed by atoms with E-state index < -0.39 is 4.92 Å². The van der Waals surface area contributed by atoms with Gasteiger partial charge in [-0.25, -0.2) is 0 Å². The number of rotatable bonds is 6. The Morgan fingerprint density at radius 3 is 2.49 bits per heavy atom. The Morgan fingerprint density at radius 2 is 1.71 bits per heavy atom. The minimum atomic E-state index is -0.464. The van der Waals surface area contributed by atoms with Crippen molar-refractivity contribution >= 4 is 34.6 Å². The maximum atomic E-state index is 13.8. The lowest BCUT2D eigenvalue weighted by Crippen LogP contribution is -2.46. The Balaban J connectivity index is 1.47. The summed E-state index contributed by atoms with van der Waals surface area (Å²) in [6.45, 7) is 0.402. The summed E-state index contributed by atoms with van der Waals surface area (Å²) in [5, 5.41) is 14.1. The zero-order valence-electron chi connectivity index (χ0n) is 19.2. The SMILES string of the molecule is O=C1[C@H]2CCC[C@H]2N(C(=O)CNc2cccc([N+](=O)[O-])c2)c2ccccc2N1Cc1ccccc1. The van der Waals surface area contributed by atoms with E-state index in [9.17, 15) is 19.7 Å². The van der Waals surface area contributed by atoms with Crippen molar-refractivity contribution < 1.29 is 14.5 Å². The van der Waals surface area contributed by atoms with Gasteiger partial charge in [0, 0.05) is 23.9 Å². The van der Waals surface area contributed by atoms with Crippen molar-refractivity contribution in [2.24, 2.45) is 5.92 Å². The van der Waals surface area contributed by atoms with Crippen molar-refractivity contribution in [1.82, 2.24) is 0 Å². The molecule has 1 N–H and O–H groups in total. The lowest BCUT2D eigenvalue weighted by atomic mass is 10.0. The maximum absolute atomic E-state index is 13.8. The summed E-state index contributed by atoms with van der Waals surface area (Å²) < 4.78 is 0. The van der Waals surface area contributed by atoms with Crippen LogP contribution in [0.3, 0.4) is 0 Å². The first-order valence-corrected chi connectivity index (χ1v) is 11.8. The number of nitrogens with zero attached hydrogens (tertiary/aromatic N) is 3. The topological polar surface area (TPSA) is 95.8 Å². The molecule has 2 aliphatic rings. The molecule has 0 radical (unpaired) electrons. The number of non-ortho nitro benzene ring substituents is 1. The molecule has 2 amide bonds. The van der Waals surface area contributed by atoms with Gasteiger partial charge >= 0.3 is 0 Å². The number of benzene rings is 3. The summed E-state index contributed by atoms with van der Waals surface area (Å²) in [5.74, 6) is -0.395. The van der Waals surface area contributed by atoms with Crippen LogP contribution in [0.25, 0.3) is 0 Å². The van der Waals surface area contributed by atoms with Crippen LogP contribution in [0.5, 0.6) is 0 Å². The van der Waals surface area contributed by atoms with Crippen molar-refractivity contribution in [3.8, 4) is 0 Å². The lowest BCUT2D eigenvalue weighted by Gasteiger charge is -2.30. The van der Waals surface area contributed by atoms with Crippen molar-refractivity contribution in [2.45, 2.75) is 31.8 Å². The molecule has 1 aliphatic carbocycles. The van der Waals surface area contributed by atoms with E-state index in [2.05, 4.69) is 5.32 Å². The standard InChI is InChI=1S/C27H26N4O4/c32-26(17-28-20-10-6-11-21(16-20)31(34)35)30-23-15-7-12-22(23)27(33)29(18-19-8-2-1-3-9-19)24-13-4-5-14-25(24)30/h1-6,8-11,13-14,16,22-23,28H,7,12,15,17-18H2/t22-,23+/m0/s1. The Kier molecular flexibility index (Phi) is 6.18. The molecule has 1 heterocycles. The third kappa shape index (κ3) is 4.47. The number of para-hydroxylation sites is 2. The van der Waals surface area contributed by atoms with Gasteiger partial charge < -0.3 is 15.1 Å². The predicted octanol–water partition coefficient (Wildman–Crippen LogP) is 4.76. The van der Waals surface area contributed by atoms with E-state index in [0.717, 1.165) is 36.2 Å². The number of fused-ring (bicyclic) bond motifs is 2. The first kappa shape index (κ1) is 22.6. The number of amides is 2. The highest BCUT2D eigenvalue weighted by molar-refractivity contribution is 6.07. The second-order valence-corrected chi connectivity index (χ2v) is 8.93. The molecule has 3 aromatic carbocycles. The van der Waals surface area contributed by atoms with Crippen molar-refractivity contribution in [2.75, 3.05) is 21.7 Å². The highest BCUT2D eigenvalue weighted by Crippen LogP contribution is 2.43. The third-order valence-corrected chi connectivity index (χ3v) is 6.78. The number of nitro benzene ring substituents is 1. The Bertz CT molecular complexity index is 1260. The van der Waals surface area contributed by atoms with E-state index in [1.54, 1.807) is 17.0 Å². The molecule has 8 heteroatoms. The predicted molar refractivity (Wildman–Crippen MR) is 134 cm³/mol. The minimum absolute atomic E-state index is 0.0361. The molecule has 1 saturated carbocycles. The summed E-state index contributed by atoms with van der Waals surface area (Å²) in [5.41, 5.74) is 2.93. The maximum Gasteiger partial charge on any atom is 0.271 e. The number of nitro groups is 1. The molecule has 1 fully saturated rings. The van der Waals surface area contributed by atoms with Crippen LogP contribution in [-0.2, 0) is 16.1 Å². The number of hydrogen-bond donors (Lipinski definition) is 1. The van der Waals surface area contributed by atoms with Gasteiger partial charge in [0.2, 0.25) is 11.8 Å². The lowest BCUT2D eigenvalue weighted by molar-refractivity contribution is -0.384. The highest BCUT2D eigenvalue weighted by atomic mass is 16.6. The number of hydrogen-bond acceptors (Lipinski definition) is 5. The number of nitrogens with one attached hydrogen (secondary N) is 1. The summed E-state index contributed by atoms with van der Waals surface area (Å²) in [4.78, 5) is 41.6. The monoisotopic (exact) mass is 470 g/mol. The van der Waals surface area contributed by atoms with E-state index in [1.165, 1.54) is 12.1 Å². The van der Waals surface area contributed by atoms with Crippen LogP contribution in [0.15, 0.2) is 78.9 Å². The molecule has 1 aliphatic heterocycles. The van der Waals surface area contributed by atoms with Gasteiger partial charge in [0.15, 0.2) is 0 Å². The molecule has 5 rings (SSSR count). The summed E-state index contributed by atoms with van der Waals surface area (Å²) in [6, 6.07) is 23.3. The van der Waals surface area contributed by atoms with Gasteiger partial charge in [-0.05, 0) is 36.6 Å². The Morgan fingerprint density at radius 1 is 0.971 bits per heavy atom. The molecule has 0 spiro atoms. The summed E-state index contributed by atoms with van der Waals surface area (Å²) in [7, 11) is 0. The van der Waals surface area contributed by atoms with Crippen molar-refractivity contribution in [3.63, 3.8) is 0 Å². The fraction of sp³-hybridized carbons (Fsp3) is 0.259. The molecule has 35 heavy (non-hydrogen) atoms. The van der Waals surface area contributed by atoms with Crippen LogP contribution in [-0.4, -0.2) is 29.3 Å². The van der Waals surface area contributed by atoms with Gasteiger partial charge in [0.1, 0.15) is 0 Å². The van der Waals surface area contributed by atoms with E-state index in [1.807, 2.05) is 59.5 Å². The van der Waals surface area contributed by atoms with Crippen LogP contribution in [0.2, 0.25) is 0 Å². The minimum Gasteiger partial charge on any atom is -0.376 e. The van der Waals surface area contributed by atoms with Crippen LogP contribution in [0.1, 0.15) is 24.8 Å². The third-order valence-electron chi connectivity index (χ3n) is 6.78. The van der Waals surface area contributed by atoms with Crippen LogP contribution >= 0.6 is 0 Å². The molecular weight excluding hydrogens is 444 g/mol. The van der Waals surface area contributed by atoms with Gasteiger partial charge in [0.25, 0.3) is 5.69 Å². The normalized spacial score (nSPS) is 19.0. The molecule has 8 nitrogen and oxygen atoms in total. The van der Waals surface area contributed by atoms with Gasteiger partial charge in [-0.1, -0.05) is 55.0 Å².